The van der Waals surface area contributed by atoms with Gasteiger partial charge in [-0.25, -0.2) is 8.42 Å². The second-order valence-electron chi connectivity index (χ2n) is 5.95. The first-order valence-electron chi connectivity index (χ1n) is 8.02. The minimum atomic E-state index is -2.93. The molecule has 0 fully saturated rings. The second kappa shape index (κ2) is 7.46. The van der Waals surface area contributed by atoms with Crippen LogP contribution in [0.2, 0.25) is 0 Å². The number of aryl methyl sites for hydroxylation is 1. The van der Waals surface area contributed by atoms with Crippen LogP contribution in [-0.4, -0.2) is 13.3 Å². The van der Waals surface area contributed by atoms with Crippen molar-refractivity contribution in [3.05, 3.63) is 82.4 Å². The Kier molecular flexibility index (Phi) is 5.09. The van der Waals surface area contributed by atoms with Crippen LogP contribution in [0.4, 0.5) is 28.4 Å². The molecule has 2 N–H and O–H groups in total. The summed E-state index contributed by atoms with van der Waals surface area (Å²) in [5, 5.41) is 11.6. The summed E-state index contributed by atoms with van der Waals surface area (Å²) in [6, 6.07) is 18.3. The maximum Gasteiger partial charge on any atom is 0.294 e. The largest absolute Gasteiger partial charge is 0.399 e. The minimum Gasteiger partial charge on any atom is -0.399 e. The number of rotatable bonds is 5. The topological polar surface area (TPSA) is 107 Å². The molecule has 3 rings (SSSR count). The van der Waals surface area contributed by atoms with Gasteiger partial charge >= 0.3 is 0 Å². The third-order valence-electron chi connectivity index (χ3n) is 4.02. The van der Waals surface area contributed by atoms with Crippen LogP contribution in [0.15, 0.2) is 71.6 Å². The van der Waals surface area contributed by atoms with Crippen molar-refractivity contribution in [2.45, 2.75) is 11.8 Å². The first kappa shape index (κ1) is 18.4. The van der Waals surface area contributed by atoms with Crippen molar-refractivity contribution >= 4 is 39.1 Å². The first-order chi connectivity index (χ1) is 12.9. The van der Waals surface area contributed by atoms with Gasteiger partial charge in [-0.15, -0.1) is 0 Å². The number of benzene rings is 3. The lowest BCUT2D eigenvalue weighted by Crippen LogP contribution is -2.12. The molecular weight excluding hydrogens is 366 g/mol. The van der Waals surface area contributed by atoms with Gasteiger partial charge in [0.25, 0.3) is 5.69 Å². The Labute approximate surface area is 157 Å². The molecule has 0 spiro atoms. The maximum absolute atomic E-state index is 11.6. The van der Waals surface area contributed by atoms with E-state index in [-0.39, 0.29) is 16.3 Å². The quantitative estimate of drug-likeness (QED) is 0.299. The van der Waals surface area contributed by atoms with Crippen molar-refractivity contribution in [1.29, 1.82) is 0 Å². The van der Waals surface area contributed by atoms with Crippen LogP contribution in [0.1, 0.15) is 5.56 Å². The normalized spacial score (nSPS) is 10.7. The number of nitro groups is 1. The zero-order valence-corrected chi connectivity index (χ0v) is 15.3. The van der Waals surface area contributed by atoms with Gasteiger partial charge in [0.2, 0.25) is 0 Å². The molecule has 3 aromatic rings. The SMILES string of the molecule is Cc1cccc(N(c2ccc(N)cc2)c2ccc([SH](=O)=O)cc2[N+](=O)[O-])c1. The Bertz CT molecular complexity index is 1070. The number of hydrogen-bond acceptors (Lipinski definition) is 6. The zero-order chi connectivity index (χ0) is 19.6. The van der Waals surface area contributed by atoms with E-state index in [9.17, 15) is 18.5 Å². The van der Waals surface area contributed by atoms with E-state index >= 15 is 0 Å². The third-order valence-corrected chi connectivity index (χ3v) is 4.72. The average molecular weight is 383 g/mol. The fourth-order valence-electron chi connectivity index (χ4n) is 2.78. The molecule has 138 valence electrons. The molecule has 0 aliphatic heterocycles. The number of nitro benzene ring substituents is 1. The van der Waals surface area contributed by atoms with Crippen molar-refractivity contribution in [2.24, 2.45) is 0 Å². The summed E-state index contributed by atoms with van der Waals surface area (Å²) in [7, 11) is -2.93. The van der Waals surface area contributed by atoms with Crippen LogP contribution in [-0.2, 0) is 10.7 Å². The highest BCUT2D eigenvalue weighted by Gasteiger charge is 2.23. The molecular formula is C19H17N3O4S. The summed E-state index contributed by atoms with van der Waals surface area (Å²) in [5.74, 6) is 0. The Morgan fingerprint density at radius 3 is 2.26 bits per heavy atom. The van der Waals surface area contributed by atoms with Crippen molar-refractivity contribution < 1.29 is 13.3 Å². The summed E-state index contributed by atoms with van der Waals surface area (Å²) in [5.41, 5.74) is 8.65. The molecule has 0 aromatic heterocycles. The highest BCUT2D eigenvalue weighted by Crippen LogP contribution is 2.40. The summed E-state index contributed by atoms with van der Waals surface area (Å²) >= 11 is 0. The average Bonchev–Trinajstić information content (AvgIpc) is 2.63. The molecule has 0 unspecified atom stereocenters. The Morgan fingerprint density at radius 1 is 0.963 bits per heavy atom. The van der Waals surface area contributed by atoms with Crippen LogP contribution in [0.3, 0.4) is 0 Å². The fraction of sp³-hybridized carbons (Fsp3) is 0.0526. The smallest absolute Gasteiger partial charge is 0.294 e. The molecule has 0 saturated heterocycles. The van der Waals surface area contributed by atoms with Crippen LogP contribution < -0.4 is 10.6 Å². The van der Waals surface area contributed by atoms with E-state index in [1.54, 1.807) is 29.2 Å². The van der Waals surface area contributed by atoms with Crippen LogP contribution >= 0.6 is 0 Å². The monoisotopic (exact) mass is 383 g/mol. The first-order valence-corrected chi connectivity index (χ1v) is 9.20. The number of anilines is 4. The lowest BCUT2D eigenvalue weighted by atomic mass is 10.1. The lowest BCUT2D eigenvalue weighted by molar-refractivity contribution is -0.384. The molecule has 27 heavy (non-hydrogen) atoms. The number of nitrogens with zero attached hydrogens (tertiary/aromatic N) is 2. The van der Waals surface area contributed by atoms with Gasteiger partial charge in [-0.05, 0) is 61.0 Å². The molecule has 0 radical (unpaired) electrons. The predicted octanol–water partition coefficient (Wildman–Crippen LogP) is 3.93. The maximum atomic E-state index is 11.6. The number of nitrogens with two attached hydrogens (primary N) is 1. The van der Waals surface area contributed by atoms with Gasteiger partial charge in [0.15, 0.2) is 10.7 Å². The summed E-state index contributed by atoms with van der Waals surface area (Å²) < 4.78 is 22.5. The highest BCUT2D eigenvalue weighted by atomic mass is 32.2. The van der Waals surface area contributed by atoms with Crippen molar-refractivity contribution in [3.63, 3.8) is 0 Å². The van der Waals surface area contributed by atoms with Crippen molar-refractivity contribution in [1.82, 2.24) is 0 Å². The molecule has 0 aliphatic rings. The Hall–Kier alpha value is -3.39. The van der Waals surface area contributed by atoms with Gasteiger partial charge in [-0.1, -0.05) is 12.1 Å². The molecule has 8 heteroatoms. The zero-order valence-electron chi connectivity index (χ0n) is 14.4. The van der Waals surface area contributed by atoms with Crippen molar-refractivity contribution in [3.8, 4) is 0 Å². The van der Waals surface area contributed by atoms with Crippen LogP contribution in [0, 0.1) is 17.0 Å². The fourth-order valence-corrected chi connectivity index (χ4v) is 3.20. The van der Waals surface area contributed by atoms with E-state index in [2.05, 4.69) is 0 Å². The van der Waals surface area contributed by atoms with Gasteiger partial charge in [-0.2, -0.15) is 0 Å². The van der Waals surface area contributed by atoms with E-state index in [1.807, 2.05) is 31.2 Å². The lowest BCUT2D eigenvalue weighted by Gasteiger charge is -2.25. The number of hydrogen-bond donors (Lipinski definition) is 2. The Balaban J connectivity index is 2.28. The van der Waals surface area contributed by atoms with Crippen molar-refractivity contribution in [2.75, 3.05) is 10.6 Å². The van der Waals surface area contributed by atoms with E-state index in [0.717, 1.165) is 11.6 Å². The van der Waals surface area contributed by atoms with Gasteiger partial charge < -0.3 is 10.6 Å². The summed E-state index contributed by atoms with van der Waals surface area (Å²) in [6.07, 6.45) is 0. The predicted molar refractivity (Wildman–Crippen MR) is 106 cm³/mol. The third kappa shape index (κ3) is 3.90. The molecule has 0 amide bonds. The number of thiol groups is 1. The Morgan fingerprint density at radius 2 is 1.67 bits per heavy atom. The number of nitrogen functional groups attached to an aromatic ring is 1. The van der Waals surface area contributed by atoms with E-state index in [1.165, 1.54) is 12.1 Å². The van der Waals surface area contributed by atoms with Gasteiger partial charge in [0.1, 0.15) is 5.69 Å². The minimum absolute atomic E-state index is 0.109. The standard InChI is InChI=1S/C19H17N3O4S/c1-13-3-2-4-16(11-13)21(15-7-5-14(20)6-8-15)18-10-9-17(27(25)26)12-19(18)22(23)24/h2-12,27H,20H2,1H3. The molecule has 3 aromatic carbocycles. The van der Waals surface area contributed by atoms with Gasteiger partial charge in [0, 0.05) is 23.1 Å². The summed E-state index contributed by atoms with van der Waals surface area (Å²) in [4.78, 5) is 12.7. The molecule has 0 saturated carbocycles. The second-order valence-corrected chi connectivity index (χ2v) is 6.98. The van der Waals surface area contributed by atoms with E-state index in [4.69, 9.17) is 5.73 Å². The van der Waals surface area contributed by atoms with Gasteiger partial charge in [0.05, 0.1) is 9.82 Å². The molecule has 0 bridgehead atoms. The van der Waals surface area contributed by atoms with Crippen LogP contribution in [0.5, 0.6) is 0 Å². The molecule has 7 nitrogen and oxygen atoms in total. The summed E-state index contributed by atoms with van der Waals surface area (Å²) in [6.45, 7) is 1.92. The van der Waals surface area contributed by atoms with E-state index in [0.29, 0.717) is 17.1 Å². The highest BCUT2D eigenvalue weighted by molar-refractivity contribution is 7.72. The molecule has 0 aliphatic carbocycles. The van der Waals surface area contributed by atoms with E-state index < -0.39 is 15.6 Å². The molecule has 0 heterocycles. The van der Waals surface area contributed by atoms with Gasteiger partial charge in [-0.3, -0.25) is 10.1 Å². The van der Waals surface area contributed by atoms with Crippen LogP contribution in [0.25, 0.3) is 0 Å². The molecule has 0 atom stereocenters.